The van der Waals surface area contributed by atoms with Gasteiger partial charge in [0.15, 0.2) is 0 Å². The Morgan fingerprint density at radius 3 is 2.46 bits per heavy atom. The molecule has 3 rings (SSSR count). The van der Waals surface area contributed by atoms with E-state index in [1.54, 1.807) is 0 Å². The molecule has 2 aliphatic rings. The molecule has 3 heterocycles. The summed E-state index contributed by atoms with van der Waals surface area (Å²) in [6.45, 7) is 11.6. The number of pyridine rings is 1. The maximum absolute atomic E-state index is 4.51. The van der Waals surface area contributed by atoms with Crippen molar-refractivity contribution >= 4 is 0 Å². The lowest BCUT2D eigenvalue weighted by molar-refractivity contribution is 0.168. The largest absolute Gasteiger partial charge is 0.313 e. The van der Waals surface area contributed by atoms with Gasteiger partial charge in [0.05, 0.1) is 0 Å². The van der Waals surface area contributed by atoms with Crippen LogP contribution in [0.3, 0.4) is 0 Å². The van der Waals surface area contributed by atoms with Gasteiger partial charge in [-0.3, -0.25) is 4.98 Å². The molecule has 2 fully saturated rings. The smallest absolute Gasteiger partial charge is 0.0419 e. The summed E-state index contributed by atoms with van der Waals surface area (Å²) in [6, 6.07) is 7.39. The lowest BCUT2D eigenvalue weighted by atomic mass is 10.1. The van der Waals surface area contributed by atoms with Gasteiger partial charge in [0, 0.05) is 69.7 Å². The van der Waals surface area contributed by atoms with Gasteiger partial charge >= 0.3 is 0 Å². The molecule has 134 valence electrons. The van der Waals surface area contributed by atoms with Gasteiger partial charge in [0.25, 0.3) is 0 Å². The molecule has 0 aliphatic carbocycles. The molecule has 0 radical (unpaired) electrons. The molecule has 0 aromatic carbocycles. The van der Waals surface area contributed by atoms with Gasteiger partial charge in [-0.2, -0.15) is 0 Å². The average Bonchev–Trinajstić information content (AvgIpc) is 2.61. The van der Waals surface area contributed by atoms with Crippen LogP contribution in [0.4, 0.5) is 0 Å². The van der Waals surface area contributed by atoms with E-state index in [0.29, 0.717) is 12.1 Å². The number of nitrogens with zero attached hydrogens (tertiary/aromatic N) is 3. The summed E-state index contributed by atoms with van der Waals surface area (Å²) >= 11 is 0. The highest BCUT2D eigenvalue weighted by molar-refractivity contribution is 5.05. The summed E-state index contributed by atoms with van der Waals surface area (Å²) in [5, 5.41) is 7.47. The van der Waals surface area contributed by atoms with E-state index in [-0.39, 0.29) is 0 Å². The van der Waals surface area contributed by atoms with Gasteiger partial charge in [-0.15, -0.1) is 0 Å². The Balaban J connectivity index is 1.61. The zero-order valence-corrected chi connectivity index (χ0v) is 15.1. The maximum Gasteiger partial charge on any atom is 0.0419 e. The maximum atomic E-state index is 4.51. The molecule has 0 amide bonds. The van der Waals surface area contributed by atoms with Crippen LogP contribution in [0, 0.1) is 0 Å². The zero-order chi connectivity index (χ0) is 16.6. The van der Waals surface area contributed by atoms with Crippen molar-refractivity contribution < 1.29 is 0 Å². The Bertz CT molecular complexity index is 466. The van der Waals surface area contributed by atoms with E-state index in [9.17, 15) is 0 Å². The second kappa shape index (κ2) is 9.47. The van der Waals surface area contributed by atoms with Crippen LogP contribution >= 0.6 is 0 Å². The van der Waals surface area contributed by atoms with Crippen molar-refractivity contribution in [3.63, 3.8) is 0 Å². The fourth-order valence-electron chi connectivity index (χ4n) is 3.71. The summed E-state index contributed by atoms with van der Waals surface area (Å²) in [5.41, 5.74) is 1.20. The van der Waals surface area contributed by atoms with Gasteiger partial charge in [-0.1, -0.05) is 6.07 Å². The monoisotopic (exact) mass is 331 g/mol. The zero-order valence-electron chi connectivity index (χ0n) is 15.1. The minimum atomic E-state index is 0.525. The van der Waals surface area contributed by atoms with Crippen LogP contribution in [-0.2, 0) is 6.42 Å². The summed E-state index contributed by atoms with van der Waals surface area (Å²) in [6.07, 6.45) is 5.38. The molecule has 1 aromatic heterocycles. The van der Waals surface area contributed by atoms with Crippen molar-refractivity contribution in [1.82, 2.24) is 25.4 Å². The molecular formula is C19H33N5. The quantitative estimate of drug-likeness (QED) is 0.845. The van der Waals surface area contributed by atoms with E-state index >= 15 is 0 Å². The Morgan fingerprint density at radius 2 is 1.71 bits per heavy atom. The van der Waals surface area contributed by atoms with Crippen LogP contribution in [0.1, 0.15) is 25.5 Å². The third-order valence-corrected chi connectivity index (χ3v) is 5.37. The predicted octanol–water partition coefficient (Wildman–Crippen LogP) is 0.972. The molecule has 5 heteroatoms. The number of rotatable bonds is 2. The van der Waals surface area contributed by atoms with Crippen LogP contribution in [0.25, 0.3) is 0 Å². The van der Waals surface area contributed by atoms with Crippen LogP contribution < -0.4 is 10.6 Å². The Hall–Kier alpha value is -1.01. The SMILES string of the molecule is CC1CCN2CCNC(Cc3ccccn3)CCN(CCN1)CC2. The van der Waals surface area contributed by atoms with E-state index < -0.39 is 0 Å². The second-order valence-corrected chi connectivity index (χ2v) is 7.29. The van der Waals surface area contributed by atoms with Crippen molar-refractivity contribution in [2.24, 2.45) is 0 Å². The molecule has 2 bridgehead atoms. The first kappa shape index (κ1) is 17.8. The molecule has 5 nitrogen and oxygen atoms in total. The first-order valence-electron chi connectivity index (χ1n) is 9.61. The molecule has 2 aliphatic heterocycles. The predicted molar refractivity (Wildman–Crippen MR) is 99.3 cm³/mol. The highest BCUT2D eigenvalue weighted by atomic mass is 15.2. The van der Waals surface area contributed by atoms with E-state index in [1.165, 1.54) is 44.7 Å². The molecule has 2 N–H and O–H groups in total. The molecule has 2 saturated heterocycles. The molecular weight excluding hydrogens is 298 g/mol. The van der Waals surface area contributed by atoms with Gasteiger partial charge in [-0.25, -0.2) is 0 Å². The van der Waals surface area contributed by atoms with Crippen LogP contribution in [0.2, 0.25) is 0 Å². The summed E-state index contributed by atoms with van der Waals surface area (Å²) in [4.78, 5) is 9.78. The van der Waals surface area contributed by atoms with Crippen molar-refractivity contribution in [3.8, 4) is 0 Å². The number of fused-ring (bicyclic) bond motifs is 3. The first-order valence-corrected chi connectivity index (χ1v) is 9.61. The number of aromatic nitrogens is 1. The molecule has 0 spiro atoms. The van der Waals surface area contributed by atoms with Crippen molar-refractivity contribution in [2.75, 3.05) is 52.4 Å². The fourth-order valence-corrected chi connectivity index (χ4v) is 3.71. The Kier molecular flexibility index (Phi) is 7.02. The molecule has 4 unspecified atom stereocenters. The highest BCUT2D eigenvalue weighted by Crippen LogP contribution is 2.08. The molecule has 0 saturated carbocycles. The summed E-state index contributed by atoms with van der Waals surface area (Å²) in [7, 11) is 0. The third kappa shape index (κ3) is 5.81. The number of nitrogens with one attached hydrogen (secondary N) is 2. The minimum absolute atomic E-state index is 0.525. The minimum Gasteiger partial charge on any atom is -0.313 e. The number of hydrogen-bond acceptors (Lipinski definition) is 5. The second-order valence-electron chi connectivity index (χ2n) is 7.29. The topological polar surface area (TPSA) is 43.4 Å². The van der Waals surface area contributed by atoms with Gasteiger partial charge in [0.1, 0.15) is 0 Å². The van der Waals surface area contributed by atoms with E-state index in [4.69, 9.17) is 0 Å². The fraction of sp³-hybridized carbons (Fsp3) is 0.737. The van der Waals surface area contributed by atoms with Crippen LogP contribution in [-0.4, -0.2) is 79.2 Å². The molecule has 4 atom stereocenters. The van der Waals surface area contributed by atoms with Crippen molar-refractivity contribution in [1.29, 1.82) is 0 Å². The normalized spacial score (nSPS) is 33.0. The van der Waals surface area contributed by atoms with Gasteiger partial charge in [0.2, 0.25) is 0 Å². The lowest BCUT2D eigenvalue weighted by Crippen LogP contribution is -2.49. The Morgan fingerprint density at radius 1 is 0.958 bits per heavy atom. The summed E-state index contributed by atoms with van der Waals surface area (Å²) < 4.78 is 0. The van der Waals surface area contributed by atoms with Crippen molar-refractivity contribution in [2.45, 2.75) is 38.3 Å². The number of hydrogen-bond donors (Lipinski definition) is 2. The van der Waals surface area contributed by atoms with E-state index in [2.05, 4.69) is 44.5 Å². The highest BCUT2D eigenvalue weighted by Gasteiger charge is 2.18. The summed E-state index contributed by atoms with van der Waals surface area (Å²) in [5.74, 6) is 0. The van der Waals surface area contributed by atoms with Gasteiger partial charge in [-0.05, 0) is 45.0 Å². The third-order valence-electron chi connectivity index (χ3n) is 5.37. The van der Waals surface area contributed by atoms with E-state index in [0.717, 1.165) is 32.6 Å². The lowest BCUT2D eigenvalue weighted by Gasteiger charge is -2.34. The molecule has 24 heavy (non-hydrogen) atoms. The standard InChI is InChI=1S/C19H33N5/c1-17-5-10-23-13-9-22-19(16-18-4-2-3-7-21-18)6-11-24(15-14-23)12-8-20-17/h2-4,7,17,19-20,22H,5-6,8-16H2,1H3. The van der Waals surface area contributed by atoms with Crippen molar-refractivity contribution in [3.05, 3.63) is 30.1 Å². The van der Waals surface area contributed by atoms with Crippen LogP contribution in [0.15, 0.2) is 24.4 Å². The Labute approximate surface area is 146 Å². The van der Waals surface area contributed by atoms with Crippen LogP contribution in [0.5, 0.6) is 0 Å². The first-order chi connectivity index (χ1) is 11.8. The average molecular weight is 332 g/mol. The molecule has 1 aromatic rings. The van der Waals surface area contributed by atoms with Gasteiger partial charge < -0.3 is 20.4 Å². The van der Waals surface area contributed by atoms with E-state index in [1.807, 2.05) is 12.3 Å².